The second kappa shape index (κ2) is 15.8. The Morgan fingerprint density at radius 2 is 1.53 bits per heavy atom. The van der Waals surface area contributed by atoms with Crippen LogP contribution in [0.4, 0.5) is 4.79 Å². The molecule has 6 N–H and O–H groups in total. The van der Waals surface area contributed by atoms with E-state index in [0.29, 0.717) is 13.1 Å². The fourth-order valence-electron chi connectivity index (χ4n) is 8.76. The molecule has 2 aliphatic heterocycles. The van der Waals surface area contributed by atoms with E-state index in [1.165, 1.54) is 18.2 Å². The van der Waals surface area contributed by atoms with Gasteiger partial charge in [0.2, 0.25) is 17.7 Å². The summed E-state index contributed by atoms with van der Waals surface area (Å²) in [6.45, 7) is 8.07. The first-order chi connectivity index (χ1) is 27.9. The van der Waals surface area contributed by atoms with Crippen molar-refractivity contribution in [3.05, 3.63) is 70.9 Å². The summed E-state index contributed by atoms with van der Waals surface area (Å²) in [5.41, 5.74) is 9.16. The number of hydrogen-bond acceptors (Lipinski definition) is 8. The highest BCUT2D eigenvalue weighted by atomic mass is 16.5. The van der Waals surface area contributed by atoms with Crippen LogP contribution in [0.1, 0.15) is 93.8 Å². The molecule has 4 atom stereocenters. The maximum Gasteiger partial charge on any atom is 0.407 e. The lowest BCUT2D eigenvalue weighted by atomic mass is 10.0. The second-order valence-corrected chi connectivity index (χ2v) is 16.4. The maximum atomic E-state index is 13.6. The first-order valence-electron chi connectivity index (χ1n) is 20.2. The molecule has 15 nitrogen and oxygen atoms in total. The Bertz CT molecular complexity index is 2420. The lowest BCUT2D eigenvalue weighted by Gasteiger charge is -2.30. The Hall–Kier alpha value is -5.96. The third-order valence-corrected chi connectivity index (χ3v) is 11.8. The zero-order valence-electron chi connectivity index (χ0n) is 33.5. The number of amides is 4. The minimum absolute atomic E-state index is 0.110. The van der Waals surface area contributed by atoms with Crippen LogP contribution in [-0.2, 0) is 25.5 Å². The van der Waals surface area contributed by atoms with E-state index in [4.69, 9.17) is 14.7 Å². The summed E-state index contributed by atoms with van der Waals surface area (Å²) in [6.07, 6.45) is 7.41. The molecule has 1 aliphatic carbocycles. The molecule has 0 saturated carbocycles. The summed E-state index contributed by atoms with van der Waals surface area (Å²) in [4.78, 5) is 75.0. The molecule has 8 rings (SSSR count). The van der Waals surface area contributed by atoms with Crippen molar-refractivity contribution in [1.29, 1.82) is 0 Å². The quantitative estimate of drug-likeness (QED) is 0.103. The lowest BCUT2D eigenvalue weighted by Crippen LogP contribution is -2.51. The van der Waals surface area contributed by atoms with E-state index in [1.807, 2.05) is 38.7 Å². The fraction of sp³-hybridized carbons (Fsp3) is 0.442. The van der Waals surface area contributed by atoms with E-state index in [1.54, 1.807) is 11.1 Å². The topological polar surface area (TPSA) is 201 Å². The summed E-state index contributed by atoms with van der Waals surface area (Å²) < 4.78 is 4.77. The number of hydrogen-bond donors (Lipinski definition) is 6. The van der Waals surface area contributed by atoms with Crippen LogP contribution < -0.4 is 10.6 Å². The number of nitrogens with one attached hydrogen (secondary N) is 5. The molecule has 4 amide bonds. The minimum Gasteiger partial charge on any atom is -0.453 e. The average molecular weight is 790 g/mol. The highest BCUT2D eigenvalue weighted by molar-refractivity contribution is 5.96. The first-order valence-corrected chi connectivity index (χ1v) is 20.2. The largest absolute Gasteiger partial charge is 0.453 e. The number of imidazole rings is 2. The normalized spacial score (nSPS) is 18.9. The van der Waals surface area contributed by atoms with Gasteiger partial charge in [0.1, 0.15) is 30.3 Å². The minimum atomic E-state index is -0.723. The summed E-state index contributed by atoms with van der Waals surface area (Å²) in [6, 6.07) is 10.9. The van der Waals surface area contributed by atoms with Crippen molar-refractivity contribution in [2.24, 2.45) is 11.8 Å². The molecule has 2 aromatic carbocycles. The number of alkyl carbamates (subject to hydrolysis) is 1. The molecule has 2 saturated heterocycles. The van der Waals surface area contributed by atoms with Gasteiger partial charge in [-0.2, -0.15) is 0 Å². The van der Waals surface area contributed by atoms with Crippen LogP contribution in [0.2, 0.25) is 0 Å². The summed E-state index contributed by atoms with van der Waals surface area (Å²) in [5.74, 6) is 0.330. The number of allylic oxidation sites excluding steroid dienone is 1. The number of nitrogens with zero attached hydrogens (tertiary/aromatic N) is 4. The summed E-state index contributed by atoms with van der Waals surface area (Å²) in [7, 11) is 1.29. The van der Waals surface area contributed by atoms with Crippen molar-refractivity contribution >= 4 is 57.4 Å². The van der Waals surface area contributed by atoms with Crippen LogP contribution >= 0.6 is 0 Å². The van der Waals surface area contributed by atoms with Crippen LogP contribution in [0.25, 0.3) is 45.0 Å². The Kier molecular flexibility index (Phi) is 10.6. The zero-order chi connectivity index (χ0) is 40.8. The van der Waals surface area contributed by atoms with Gasteiger partial charge < -0.3 is 45.2 Å². The molecule has 0 radical (unpaired) electrons. The van der Waals surface area contributed by atoms with Crippen molar-refractivity contribution in [3.63, 3.8) is 0 Å². The molecule has 0 bridgehead atoms. The van der Waals surface area contributed by atoms with Crippen molar-refractivity contribution in [2.45, 2.75) is 84.0 Å². The highest BCUT2D eigenvalue weighted by Gasteiger charge is 2.39. The Labute approximate surface area is 336 Å². The van der Waals surface area contributed by atoms with Crippen LogP contribution in [0.3, 0.4) is 0 Å². The number of methoxy groups -OCH3 is 1. The number of benzene rings is 2. The lowest BCUT2D eigenvalue weighted by molar-refractivity contribution is -0.139. The van der Waals surface area contributed by atoms with Crippen LogP contribution in [0, 0.1) is 11.8 Å². The number of fused-ring (bicyclic) bond motifs is 3. The second-order valence-electron chi connectivity index (χ2n) is 16.4. The number of aliphatic hydroxyl groups is 1. The maximum absolute atomic E-state index is 13.6. The molecule has 15 heteroatoms. The SMILES string of the molecule is COC(=O)NC(C(=O)N1CCCC1c1ncc(-c2cc3cc4c(cc3[nH]2)C=C(c2ccc3nc(C5CCCN5C(=O)C(NC(=O)CO)C(C)C)[nH]c3c2)C4)[nH]1)C(C)C. The predicted octanol–water partition coefficient (Wildman–Crippen LogP) is 5.37. The number of ether oxygens (including phenoxy) is 1. The van der Waals surface area contributed by atoms with Gasteiger partial charge in [0.05, 0.1) is 47.8 Å². The van der Waals surface area contributed by atoms with Crippen molar-refractivity contribution in [2.75, 3.05) is 26.8 Å². The highest BCUT2D eigenvalue weighted by Crippen LogP contribution is 2.38. The number of aliphatic hydroxyl groups excluding tert-OH is 1. The summed E-state index contributed by atoms with van der Waals surface area (Å²) >= 11 is 0. The smallest absolute Gasteiger partial charge is 0.407 e. The number of carbonyl (C=O) groups is 4. The molecule has 3 aliphatic rings. The molecule has 3 aromatic heterocycles. The van der Waals surface area contributed by atoms with E-state index >= 15 is 0 Å². The van der Waals surface area contributed by atoms with E-state index in [2.05, 4.69) is 62.0 Å². The van der Waals surface area contributed by atoms with E-state index in [-0.39, 0.29) is 35.7 Å². The van der Waals surface area contributed by atoms with Crippen LogP contribution in [0.15, 0.2) is 42.6 Å². The van der Waals surface area contributed by atoms with Crippen molar-refractivity contribution in [3.8, 4) is 11.4 Å². The van der Waals surface area contributed by atoms with Gasteiger partial charge in [0, 0.05) is 24.0 Å². The zero-order valence-corrected chi connectivity index (χ0v) is 33.5. The molecule has 0 spiro atoms. The molecule has 58 heavy (non-hydrogen) atoms. The number of likely N-dealkylation sites (tertiary alicyclic amines) is 2. The van der Waals surface area contributed by atoms with E-state index in [0.717, 1.165) is 88.2 Å². The predicted molar refractivity (Wildman–Crippen MR) is 219 cm³/mol. The van der Waals surface area contributed by atoms with E-state index < -0.39 is 30.7 Å². The third kappa shape index (κ3) is 7.34. The third-order valence-electron chi connectivity index (χ3n) is 11.8. The molecular weight excluding hydrogens is 739 g/mol. The Morgan fingerprint density at radius 1 is 0.845 bits per heavy atom. The number of carbonyl (C=O) groups excluding carboxylic acids is 4. The molecule has 4 unspecified atom stereocenters. The molecule has 5 aromatic rings. The van der Waals surface area contributed by atoms with Gasteiger partial charge in [-0.1, -0.05) is 39.8 Å². The van der Waals surface area contributed by atoms with Gasteiger partial charge in [0.15, 0.2) is 0 Å². The van der Waals surface area contributed by atoms with Gasteiger partial charge in [-0.25, -0.2) is 14.8 Å². The molecule has 2 fully saturated rings. The van der Waals surface area contributed by atoms with Crippen molar-refractivity contribution < 1.29 is 29.0 Å². The Morgan fingerprint density at radius 3 is 2.21 bits per heavy atom. The van der Waals surface area contributed by atoms with Gasteiger partial charge in [-0.3, -0.25) is 14.4 Å². The van der Waals surface area contributed by atoms with Gasteiger partial charge >= 0.3 is 6.09 Å². The van der Waals surface area contributed by atoms with E-state index in [9.17, 15) is 24.3 Å². The fourth-order valence-corrected chi connectivity index (χ4v) is 8.76. The molecule has 304 valence electrons. The number of rotatable bonds is 11. The Balaban J connectivity index is 0.978. The standard InChI is InChI=1S/C43H51N9O6/c1-22(2)37(49-36(54)21-53)41(55)52-13-7-9-35(52)40-46-29-11-10-24(17-31(29)47-40)25-14-26-16-28-19-32(45-30(28)18-27(26)15-25)33-20-44-39(48-33)34-8-6-12-51(34)42(56)38(23(3)4)50-43(57)58-5/h10-11,15-20,22-23,34-35,37-38,45,53H,6-9,12-14,21H2,1-5H3,(H,44,48)(H,46,47)(H,49,54)(H,50,57). The first kappa shape index (κ1) is 38.9. The van der Waals surface area contributed by atoms with Gasteiger partial charge in [0.25, 0.3) is 0 Å². The number of aromatic amines is 3. The van der Waals surface area contributed by atoms with Gasteiger partial charge in [-0.05, 0) is 96.5 Å². The summed E-state index contributed by atoms with van der Waals surface area (Å²) in [5, 5.41) is 15.7. The number of H-pyrrole nitrogens is 3. The van der Waals surface area contributed by atoms with Gasteiger partial charge in [-0.15, -0.1) is 0 Å². The molecular formula is C43H51N9O6. The average Bonchev–Trinajstić information content (AvgIpc) is 4.06. The monoisotopic (exact) mass is 789 g/mol. The van der Waals surface area contributed by atoms with Crippen LogP contribution in [0.5, 0.6) is 0 Å². The number of aromatic nitrogens is 5. The van der Waals surface area contributed by atoms with Crippen LogP contribution in [-0.4, -0.2) is 103 Å². The molecule has 5 heterocycles. The van der Waals surface area contributed by atoms with Crippen molar-refractivity contribution in [1.82, 2.24) is 45.4 Å².